The van der Waals surface area contributed by atoms with E-state index >= 15 is 0 Å². The third-order valence-electron chi connectivity index (χ3n) is 4.69. The predicted octanol–water partition coefficient (Wildman–Crippen LogP) is -1.39. The lowest BCUT2D eigenvalue weighted by atomic mass is 10.0. The van der Waals surface area contributed by atoms with E-state index in [0.717, 1.165) is 19.4 Å². The fourth-order valence-electron chi connectivity index (χ4n) is 3.13. The summed E-state index contributed by atoms with van der Waals surface area (Å²) in [7, 11) is 0. The Morgan fingerprint density at radius 3 is 2.33 bits per heavy atom. The molecule has 0 spiro atoms. The maximum atomic E-state index is 12.6. The molecule has 1 fully saturated rings. The molecule has 0 aromatic rings. The molecule has 0 aromatic carbocycles. The average molecular weight is 428 g/mol. The number of carbonyl (C=O) groups is 5. The van der Waals surface area contributed by atoms with Gasteiger partial charge in [0.15, 0.2) is 0 Å². The van der Waals surface area contributed by atoms with Crippen LogP contribution >= 0.6 is 0 Å². The number of primary amides is 1. The minimum atomic E-state index is -1.14. The van der Waals surface area contributed by atoms with Crippen LogP contribution in [-0.4, -0.2) is 65.9 Å². The summed E-state index contributed by atoms with van der Waals surface area (Å²) in [6, 6.07) is -2.28. The molecule has 0 aliphatic carbocycles. The predicted molar refractivity (Wildman–Crippen MR) is 108 cm³/mol. The Balaban J connectivity index is 2.56. The first-order valence-electron chi connectivity index (χ1n) is 10.2. The molecule has 0 bridgehead atoms. The van der Waals surface area contributed by atoms with Crippen molar-refractivity contribution in [2.45, 2.75) is 70.5 Å². The third-order valence-corrected chi connectivity index (χ3v) is 4.69. The molecular weight excluding hydrogens is 394 g/mol. The highest BCUT2D eigenvalue weighted by Gasteiger charge is 2.27. The van der Waals surface area contributed by atoms with Crippen molar-refractivity contribution in [1.29, 1.82) is 0 Å². The normalized spacial score (nSPS) is 17.8. The molecule has 0 radical (unpaired) electrons. The molecule has 1 rings (SSSR count). The van der Waals surface area contributed by atoms with Gasteiger partial charge in [0, 0.05) is 19.4 Å². The largest absolute Gasteiger partial charge is 0.481 e. The molecule has 1 heterocycles. The molecule has 0 aromatic heterocycles. The maximum Gasteiger partial charge on any atom is 0.303 e. The lowest BCUT2D eigenvalue weighted by molar-refractivity contribution is -0.138. The van der Waals surface area contributed by atoms with E-state index in [0.29, 0.717) is 6.42 Å². The van der Waals surface area contributed by atoms with Gasteiger partial charge < -0.3 is 32.1 Å². The van der Waals surface area contributed by atoms with Crippen LogP contribution < -0.4 is 27.0 Å². The molecule has 7 N–H and O–H groups in total. The monoisotopic (exact) mass is 427 g/mol. The number of nitrogens with one attached hydrogen (secondary N) is 4. The smallest absolute Gasteiger partial charge is 0.303 e. The van der Waals surface area contributed by atoms with Crippen molar-refractivity contribution in [2.24, 2.45) is 11.7 Å². The molecule has 0 saturated carbocycles. The SMILES string of the molecule is CC(C)C[C@H](NC(=O)CCNC(=O)[C@H]1CCCN1)C(=O)N[C@@H](CCC(=O)O)C(N)=O. The highest BCUT2D eigenvalue weighted by molar-refractivity contribution is 5.92. The van der Waals surface area contributed by atoms with Crippen LogP contribution in [0.4, 0.5) is 0 Å². The van der Waals surface area contributed by atoms with Crippen LogP contribution in [0.25, 0.3) is 0 Å². The summed E-state index contributed by atoms with van der Waals surface area (Å²) >= 11 is 0. The minimum absolute atomic E-state index is 0.00139. The highest BCUT2D eigenvalue weighted by atomic mass is 16.4. The molecule has 170 valence electrons. The van der Waals surface area contributed by atoms with Crippen molar-refractivity contribution in [1.82, 2.24) is 21.3 Å². The molecule has 1 saturated heterocycles. The maximum absolute atomic E-state index is 12.6. The van der Waals surface area contributed by atoms with Gasteiger partial charge >= 0.3 is 5.97 Å². The molecular formula is C19H33N5O6. The number of carboxylic acids is 1. The molecule has 1 aliphatic rings. The van der Waals surface area contributed by atoms with Crippen LogP contribution in [0.2, 0.25) is 0 Å². The Bertz CT molecular complexity index is 633. The summed E-state index contributed by atoms with van der Waals surface area (Å²) in [5.41, 5.74) is 5.24. The Kier molecular flexibility index (Phi) is 10.8. The second-order valence-corrected chi connectivity index (χ2v) is 7.84. The van der Waals surface area contributed by atoms with Crippen LogP contribution in [0.1, 0.15) is 52.4 Å². The van der Waals surface area contributed by atoms with Crippen molar-refractivity contribution in [3.63, 3.8) is 0 Å². The summed E-state index contributed by atoms with van der Waals surface area (Å²) < 4.78 is 0. The van der Waals surface area contributed by atoms with E-state index in [9.17, 15) is 24.0 Å². The number of hydrogen-bond acceptors (Lipinski definition) is 6. The van der Waals surface area contributed by atoms with Crippen molar-refractivity contribution in [3.05, 3.63) is 0 Å². The fraction of sp³-hybridized carbons (Fsp3) is 0.737. The summed E-state index contributed by atoms with van der Waals surface area (Å²) in [5, 5.41) is 19.6. The van der Waals surface area contributed by atoms with E-state index in [1.165, 1.54) is 0 Å². The van der Waals surface area contributed by atoms with Gasteiger partial charge in [0.1, 0.15) is 12.1 Å². The second kappa shape index (κ2) is 12.8. The van der Waals surface area contributed by atoms with E-state index in [2.05, 4.69) is 21.3 Å². The zero-order valence-corrected chi connectivity index (χ0v) is 17.5. The van der Waals surface area contributed by atoms with E-state index in [4.69, 9.17) is 10.8 Å². The first-order valence-corrected chi connectivity index (χ1v) is 10.2. The fourth-order valence-corrected chi connectivity index (χ4v) is 3.13. The number of carboxylic acid groups (broad SMARTS) is 1. The van der Waals surface area contributed by atoms with Gasteiger partial charge in [-0.2, -0.15) is 0 Å². The van der Waals surface area contributed by atoms with Gasteiger partial charge in [-0.25, -0.2) is 0 Å². The minimum Gasteiger partial charge on any atom is -0.481 e. The number of rotatable bonds is 13. The standard InChI is InChI=1S/C19H33N5O6/c1-11(2)10-14(19(30)24-12(17(20)28)5-6-16(26)27)23-15(25)7-9-22-18(29)13-4-3-8-21-13/h11-14,21H,3-10H2,1-2H3,(H2,20,28)(H,22,29)(H,23,25)(H,24,30)(H,26,27)/t12-,13+,14-/m0/s1. The van der Waals surface area contributed by atoms with Crippen molar-refractivity contribution >= 4 is 29.6 Å². The first kappa shape index (κ1) is 25.3. The van der Waals surface area contributed by atoms with Crippen LogP contribution in [0, 0.1) is 5.92 Å². The topological polar surface area (TPSA) is 180 Å². The Labute approximate surface area is 175 Å². The molecule has 4 amide bonds. The Morgan fingerprint density at radius 1 is 1.10 bits per heavy atom. The van der Waals surface area contributed by atoms with E-state index in [1.807, 2.05) is 13.8 Å². The summed E-state index contributed by atoms with van der Waals surface area (Å²) in [4.78, 5) is 59.0. The lowest BCUT2D eigenvalue weighted by Crippen LogP contribution is -2.53. The highest BCUT2D eigenvalue weighted by Crippen LogP contribution is 2.07. The molecule has 1 aliphatic heterocycles. The zero-order valence-electron chi connectivity index (χ0n) is 17.5. The third kappa shape index (κ3) is 9.68. The van der Waals surface area contributed by atoms with Crippen LogP contribution in [-0.2, 0) is 24.0 Å². The van der Waals surface area contributed by atoms with Crippen LogP contribution in [0.5, 0.6) is 0 Å². The van der Waals surface area contributed by atoms with E-state index in [-0.39, 0.29) is 43.7 Å². The van der Waals surface area contributed by atoms with Gasteiger partial charge in [0.2, 0.25) is 23.6 Å². The molecule has 3 atom stereocenters. The molecule has 11 heteroatoms. The number of aliphatic carboxylic acids is 1. The zero-order chi connectivity index (χ0) is 22.7. The van der Waals surface area contributed by atoms with Crippen molar-refractivity contribution in [2.75, 3.05) is 13.1 Å². The van der Waals surface area contributed by atoms with Gasteiger partial charge in [-0.05, 0) is 38.1 Å². The summed E-state index contributed by atoms with van der Waals surface area (Å²) in [5.74, 6) is -3.07. The molecule has 11 nitrogen and oxygen atoms in total. The summed E-state index contributed by atoms with van der Waals surface area (Å²) in [6.07, 6.45) is 1.55. The molecule has 0 unspecified atom stereocenters. The second-order valence-electron chi connectivity index (χ2n) is 7.84. The number of hydrogen-bond donors (Lipinski definition) is 6. The van der Waals surface area contributed by atoms with Crippen molar-refractivity contribution in [3.8, 4) is 0 Å². The summed E-state index contributed by atoms with van der Waals surface area (Å²) in [6.45, 7) is 4.68. The lowest BCUT2D eigenvalue weighted by Gasteiger charge is -2.23. The van der Waals surface area contributed by atoms with Gasteiger partial charge in [-0.1, -0.05) is 13.8 Å². The first-order chi connectivity index (χ1) is 14.1. The average Bonchev–Trinajstić information content (AvgIpc) is 3.18. The van der Waals surface area contributed by atoms with Crippen LogP contribution in [0.3, 0.4) is 0 Å². The van der Waals surface area contributed by atoms with Gasteiger partial charge in [-0.3, -0.25) is 24.0 Å². The number of amides is 4. The van der Waals surface area contributed by atoms with Gasteiger partial charge in [0.25, 0.3) is 0 Å². The van der Waals surface area contributed by atoms with Crippen LogP contribution in [0.15, 0.2) is 0 Å². The Morgan fingerprint density at radius 2 is 1.80 bits per heavy atom. The van der Waals surface area contributed by atoms with E-state index in [1.54, 1.807) is 0 Å². The van der Waals surface area contributed by atoms with E-state index < -0.39 is 35.8 Å². The van der Waals surface area contributed by atoms with Gasteiger partial charge in [-0.15, -0.1) is 0 Å². The van der Waals surface area contributed by atoms with Gasteiger partial charge in [0.05, 0.1) is 6.04 Å². The number of nitrogens with two attached hydrogens (primary N) is 1. The van der Waals surface area contributed by atoms with Crippen molar-refractivity contribution < 1.29 is 29.1 Å². The Hall–Kier alpha value is -2.69. The number of carbonyl (C=O) groups excluding carboxylic acids is 4. The quantitative estimate of drug-likeness (QED) is 0.209. The molecule has 30 heavy (non-hydrogen) atoms.